The second kappa shape index (κ2) is 7.08. The summed E-state index contributed by atoms with van der Waals surface area (Å²) in [6, 6.07) is 7.73. The van der Waals surface area contributed by atoms with Crippen molar-refractivity contribution in [1.29, 1.82) is 0 Å². The molecule has 2 unspecified atom stereocenters. The lowest BCUT2D eigenvalue weighted by atomic mass is 9.91. The third-order valence-corrected chi connectivity index (χ3v) is 4.99. The highest BCUT2D eigenvalue weighted by atomic mass is 15.1. The predicted molar refractivity (Wildman–Crippen MR) is 89.0 cm³/mol. The molecule has 20 heavy (non-hydrogen) atoms. The smallest absolute Gasteiger partial charge is 0.0123 e. The van der Waals surface area contributed by atoms with E-state index in [9.17, 15) is 0 Å². The van der Waals surface area contributed by atoms with E-state index in [4.69, 9.17) is 0 Å². The Morgan fingerprint density at radius 2 is 2.10 bits per heavy atom. The van der Waals surface area contributed by atoms with Crippen molar-refractivity contribution in [3.63, 3.8) is 0 Å². The van der Waals surface area contributed by atoms with Gasteiger partial charge >= 0.3 is 0 Å². The van der Waals surface area contributed by atoms with Crippen LogP contribution >= 0.6 is 0 Å². The van der Waals surface area contributed by atoms with Gasteiger partial charge in [-0.25, -0.2) is 0 Å². The maximum Gasteiger partial charge on any atom is 0.0123 e. The first-order chi connectivity index (χ1) is 9.69. The van der Waals surface area contributed by atoms with Crippen molar-refractivity contribution in [2.45, 2.75) is 52.0 Å². The minimum absolute atomic E-state index is 0.782. The molecular formula is C19H29N. The lowest BCUT2D eigenvalue weighted by Crippen LogP contribution is -2.35. The predicted octanol–water partition coefficient (Wildman–Crippen LogP) is 4.55. The van der Waals surface area contributed by atoms with Crippen molar-refractivity contribution in [1.82, 2.24) is 4.90 Å². The molecule has 0 aliphatic heterocycles. The van der Waals surface area contributed by atoms with Crippen LogP contribution in [0.4, 0.5) is 0 Å². The average Bonchev–Trinajstić information content (AvgIpc) is 2.94. The highest BCUT2D eigenvalue weighted by Gasteiger charge is 2.29. The van der Waals surface area contributed by atoms with Crippen LogP contribution in [-0.4, -0.2) is 24.5 Å². The summed E-state index contributed by atoms with van der Waals surface area (Å²) in [6.07, 6.45) is 8.47. The summed E-state index contributed by atoms with van der Waals surface area (Å²) in [5, 5.41) is 0. The molecule has 0 radical (unpaired) electrons. The molecule has 1 heteroatoms. The van der Waals surface area contributed by atoms with Gasteiger partial charge in [0.05, 0.1) is 0 Å². The molecule has 0 spiro atoms. The van der Waals surface area contributed by atoms with Gasteiger partial charge in [-0.2, -0.15) is 0 Å². The SMILES string of the molecule is C=Cc1ccc(CC2CCCC2N(C)CC)cc1CC. The maximum absolute atomic E-state index is 3.91. The summed E-state index contributed by atoms with van der Waals surface area (Å²) in [6.45, 7) is 9.57. The van der Waals surface area contributed by atoms with Crippen molar-refractivity contribution in [2.75, 3.05) is 13.6 Å². The lowest BCUT2D eigenvalue weighted by Gasteiger charge is -2.29. The fourth-order valence-corrected chi connectivity index (χ4v) is 3.66. The molecule has 0 saturated heterocycles. The van der Waals surface area contributed by atoms with Crippen LogP contribution in [0, 0.1) is 5.92 Å². The van der Waals surface area contributed by atoms with Gasteiger partial charge in [0.1, 0.15) is 0 Å². The van der Waals surface area contributed by atoms with E-state index < -0.39 is 0 Å². The number of rotatable bonds is 6. The lowest BCUT2D eigenvalue weighted by molar-refractivity contribution is 0.206. The van der Waals surface area contributed by atoms with E-state index in [1.807, 2.05) is 6.08 Å². The zero-order valence-corrected chi connectivity index (χ0v) is 13.4. The normalized spacial score (nSPS) is 22.4. The van der Waals surface area contributed by atoms with Crippen molar-refractivity contribution < 1.29 is 0 Å². The Morgan fingerprint density at radius 3 is 2.75 bits per heavy atom. The van der Waals surface area contributed by atoms with Crippen LogP contribution in [0.5, 0.6) is 0 Å². The third kappa shape index (κ3) is 3.32. The molecule has 1 aliphatic rings. The topological polar surface area (TPSA) is 3.24 Å². The van der Waals surface area contributed by atoms with Gasteiger partial charge in [-0.3, -0.25) is 0 Å². The second-order valence-corrected chi connectivity index (χ2v) is 6.13. The van der Waals surface area contributed by atoms with Gasteiger partial charge in [0.25, 0.3) is 0 Å². The summed E-state index contributed by atoms with van der Waals surface area (Å²) >= 11 is 0. The fourth-order valence-electron chi connectivity index (χ4n) is 3.66. The summed E-state index contributed by atoms with van der Waals surface area (Å²) in [5.41, 5.74) is 4.25. The molecule has 1 nitrogen and oxygen atoms in total. The van der Waals surface area contributed by atoms with Gasteiger partial charge in [0.2, 0.25) is 0 Å². The summed E-state index contributed by atoms with van der Waals surface area (Å²) in [7, 11) is 2.28. The molecule has 110 valence electrons. The van der Waals surface area contributed by atoms with E-state index in [-0.39, 0.29) is 0 Å². The number of aryl methyl sites for hydroxylation is 1. The van der Waals surface area contributed by atoms with E-state index in [2.05, 4.69) is 50.6 Å². The van der Waals surface area contributed by atoms with Crippen LogP contribution in [0.3, 0.4) is 0 Å². The standard InChI is InChI=1S/C19H29N/c1-5-16-12-11-15(13-17(16)6-2)14-18-9-8-10-19(18)20(4)7-3/h5,11-13,18-19H,1,6-10,14H2,2-4H3. The van der Waals surface area contributed by atoms with Gasteiger partial charge < -0.3 is 4.90 Å². The zero-order valence-electron chi connectivity index (χ0n) is 13.4. The van der Waals surface area contributed by atoms with Gasteiger partial charge in [-0.15, -0.1) is 0 Å². The minimum atomic E-state index is 0.782. The fraction of sp³-hybridized carbons (Fsp3) is 0.579. The molecule has 0 N–H and O–H groups in total. The molecular weight excluding hydrogens is 242 g/mol. The zero-order chi connectivity index (χ0) is 14.5. The monoisotopic (exact) mass is 271 g/mol. The molecule has 1 aromatic carbocycles. The largest absolute Gasteiger partial charge is 0.303 e. The van der Waals surface area contributed by atoms with Crippen LogP contribution < -0.4 is 0 Å². The first kappa shape index (κ1) is 15.3. The van der Waals surface area contributed by atoms with E-state index in [0.29, 0.717) is 0 Å². The van der Waals surface area contributed by atoms with Crippen LogP contribution in [0.2, 0.25) is 0 Å². The summed E-state index contributed by atoms with van der Waals surface area (Å²) < 4.78 is 0. The second-order valence-electron chi connectivity index (χ2n) is 6.13. The van der Waals surface area contributed by atoms with E-state index >= 15 is 0 Å². The molecule has 1 aromatic rings. The minimum Gasteiger partial charge on any atom is -0.303 e. The first-order valence-corrected chi connectivity index (χ1v) is 8.14. The van der Waals surface area contributed by atoms with Crippen molar-refractivity contribution >= 4 is 6.08 Å². The third-order valence-electron chi connectivity index (χ3n) is 4.99. The molecule has 1 saturated carbocycles. The van der Waals surface area contributed by atoms with Crippen LogP contribution in [-0.2, 0) is 12.8 Å². The molecule has 0 bridgehead atoms. The quantitative estimate of drug-likeness (QED) is 0.733. The van der Waals surface area contributed by atoms with Gasteiger partial charge in [0.15, 0.2) is 0 Å². The molecule has 1 fully saturated rings. The Labute approximate surface area is 124 Å². The van der Waals surface area contributed by atoms with Crippen LogP contribution in [0.25, 0.3) is 6.08 Å². The van der Waals surface area contributed by atoms with Crippen molar-refractivity contribution in [3.05, 3.63) is 41.5 Å². The number of nitrogens with zero attached hydrogens (tertiary/aromatic N) is 1. The Balaban J connectivity index is 2.11. The highest BCUT2D eigenvalue weighted by Crippen LogP contribution is 2.32. The Kier molecular flexibility index (Phi) is 5.42. The number of hydrogen-bond acceptors (Lipinski definition) is 1. The molecule has 2 atom stereocenters. The number of benzene rings is 1. The maximum atomic E-state index is 3.91. The average molecular weight is 271 g/mol. The Bertz CT molecular complexity index is 449. The Hall–Kier alpha value is -1.08. The summed E-state index contributed by atoms with van der Waals surface area (Å²) in [4.78, 5) is 2.54. The number of hydrogen-bond donors (Lipinski definition) is 0. The van der Waals surface area contributed by atoms with Crippen LogP contribution in [0.15, 0.2) is 24.8 Å². The molecule has 0 aromatic heterocycles. The molecule has 1 aliphatic carbocycles. The molecule has 0 amide bonds. The van der Waals surface area contributed by atoms with Gasteiger partial charge in [0, 0.05) is 6.04 Å². The van der Waals surface area contributed by atoms with Crippen LogP contribution in [0.1, 0.15) is 49.8 Å². The summed E-state index contributed by atoms with van der Waals surface area (Å²) in [5.74, 6) is 0.833. The van der Waals surface area contributed by atoms with Crippen molar-refractivity contribution in [2.24, 2.45) is 5.92 Å². The van der Waals surface area contributed by atoms with Crippen molar-refractivity contribution in [3.8, 4) is 0 Å². The molecule has 0 heterocycles. The molecule has 2 rings (SSSR count). The van der Waals surface area contributed by atoms with E-state index in [0.717, 1.165) is 24.9 Å². The van der Waals surface area contributed by atoms with Gasteiger partial charge in [-0.1, -0.05) is 51.1 Å². The van der Waals surface area contributed by atoms with E-state index in [1.54, 1.807) is 0 Å². The van der Waals surface area contributed by atoms with Gasteiger partial charge in [-0.05, 0) is 61.9 Å². The van der Waals surface area contributed by atoms with E-state index in [1.165, 1.54) is 42.4 Å². The highest BCUT2D eigenvalue weighted by molar-refractivity contribution is 5.53. The first-order valence-electron chi connectivity index (χ1n) is 8.14. The Morgan fingerprint density at radius 1 is 1.30 bits per heavy atom.